The summed E-state index contributed by atoms with van der Waals surface area (Å²) in [5, 5.41) is 2.78. The number of carbonyl (C=O) groups excluding carboxylic acids is 1. The number of thiazole rings is 1. The Balaban J connectivity index is 1.52. The molecule has 1 heterocycles. The van der Waals surface area contributed by atoms with Gasteiger partial charge in [-0.05, 0) is 49.9 Å². The van der Waals surface area contributed by atoms with Crippen molar-refractivity contribution in [2.24, 2.45) is 0 Å². The SMILES string of the molecule is CCC=CCCCCOc1cccc(CNC(=O)c2ccc3ncsc3c2)c1F. The van der Waals surface area contributed by atoms with E-state index in [1.165, 1.54) is 11.3 Å². The van der Waals surface area contributed by atoms with Crippen LogP contribution in [0.4, 0.5) is 4.39 Å². The molecular weight excluding hydrogens is 387 g/mol. The van der Waals surface area contributed by atoms with Crippen LogP contribution in [0.25, 0.3) is 10.2 Å². The molecule has 1 aromatic heterocycles. The van der Waals surface area contributed by atoms with E-state index in [0.29, 0.717) is 17.7 Å². The number of nitrogens with zero attached hydrogens (tertiary/aromatic N) is 1. The van der Waals surface area contributed by atoms with E-state index in [9.17, 15) is 9.18 Å². The third-order valence-electron chi connectivity index (χ3n) is 4.50. The molecule has 0 aliphatic heterocycles. The van der Waals surface area contributed by atoms with Gasteiger partial charge in [-0.15, -0.1) is 11.3 Å². The summed E-state index contributed by atoms with van der Waals surface area (Å²) in [6.45, 7) is 2.68. The largest absolute Gasteiger partial charge is 0.491 e. The minimum Gasteiger partial charge on any atom is -0.491 e. The van der Waals surface area contributed by atoms with Gasteiger partial charge >= 0.3 is 0 Å². The number of nitrogens with one attached hydrogen (secondary N) is 1. The average Bonchev–Trinajstić information content (AvgIpc) is 3.21. The molecule has 6 heteroatoms. The first-order valence-electron chi connectivity index (χ1n) is 9.85. The second kappa shape index (κ2) is 10.7. The fourth-order valence-electron chi connectivity index (χ4n) is 2.91. The van der Waals surface area contributed by atoms with Crippen LogP contribution in [0, 0.1) is 5.82 Å². The van der Waals surface area contributed by atoms with E-state index in [4.69, 9.17) is 4.74 Å². The predicted molar refractivity (Wildman–Crippen MR) is 116 cm³/mol. The second-order valence-electron chi connectivity index (χ2n) is 6.67. The van der Waals surface area contributed by atoms with E-state index < -0.39 is 5.82 Å². The van der Waals surface area contributed by atoms with Crippen LogP contribution in [0.15, 0.2) is 54.1 Å². The molecule has 3 rings (SSSR count). The van der Waals surface area contributed by atoms with Crippen LogP contribution < -0.4 is 10.1 Å². The summed E-state index contributed by atoms with van der Waals surface area (Å²) >= 11 is 1.48. The van der Waals surface area contributed by atoms with Crippen LogP contribution in [0.3, 0.4) is 0 Å². The van der Waals surface area contributed by atoms with Crippen molar-refractivity contribution >= 4 is 27.5 Å². The highest BCUT2D eigenvalue weighted by molar-refractivity contribution is 7.16. The number of hydrogen-bond acceptors (Lipinski definition) is 4. The molecule has 0 saturated carbocycles. The molecule has 2 aromatic carbocycles. The first-order chi connectivity index (χ1) is 14.2. The zero-order chi connectivity index (χ0) is 20.5. The van der Waals surface area contributed by atoms with Gasteiger partial charge in [0.1, 0.15) is 0 Å². The number of aromatic nitrogens is 1. The van der Waals surface area contributed by atoms with E-state index in [0.717, 1.165) is 35.9 Å². The van der Waals surface area contributed by atoms with E-state index in [1.54, 1.807) is 35.8 Å². The summed E-state index contributed by atoms with van der Waals surface area (Å²) in [6, 6.07) is 10.4. The number of unbranched alkanes of at least 4 members (excludes halogenated alkanes) is 2. The number of fused-ring (bicyclic) bond motifs is 1. The van der Waals surface area contributed by atoms with Crippen LogP contribution >= 0.6 is 11.3 Å². The smallest absolute Gasteiger partial charge is 0.251 e. The summed E-state index contributed by atoms with van der Waals surface area (Å²) in [5.74, 6) is -0.435. The predicted octanol–water partition coefficient (Wildman–Crippen LogP) is 5.88. The summed E-state index contributed by atoms with van der Waals surface area (Å²) < 4.78 is 21.2. The Kier molecular flexibility index (Phi) is 7.76. The molecule has 0 fully saturated rings. The molecule has 0 bridgehead atoms. The number of amides is 1. The molecule has 0 spiro atoms. The number of carbonyl (C=O) groups is 1. The molecule has 29 heavy (non-hydrogen) atoms. The van der Waals surface area contributed by atoms with Crippen LogP contribution in [0.5, 0.6) is 5.75 Å². The standard InChI is InChI=1S/C23H25FN2O2S/c1-2-3-4-5-6-7-13-28-20-10-8-9-18(22(20)24)15-25-23(27)17-11-12-19-21(14-17)29-16-26-19/h3-4,8-12,14,16H,2,5-7,13,15H2,1H3,(H,25,27). The lowest BCUT2D eigenvalue weighted by Crippen LogP contribution is -2.23. The number of rotatable bonds is 10. The number of hydrogen-bond donors (Lipinski definition) is 1. The highest BCUT2D eigenvalue weighted by atomic mass is 32.1. The summed E-state index contributed by atoms with van der Waals surface area (Å²) in [5.41, 5.74) is 3.55. The van der Waals surface area contributed by atoms with E-state index >= 15 is 0 Å². The lowest BCUT2D eigenvalue weighted by molar-refractivity contribution is 0.0950. The van der Waals surface area contributed by atoms with Gasteiger partial charge in [0.2, 0.25) is 0 Å². The lowest BCUT2D eigenvalue weighted by atomic mass is 10.1. The fraction of sp³-hybridized carbons (Fsp3) is 0.304. The topological polar surface area (TPSA) is 51.2 Å². The van der Waals surface area contributed by atoms with Gasteiger partial charge in [-0.2, -0.15) is 0 Å². The monoisotopic (exact) mass is 412 g/mol. The van der Waals surface area contributed by atoms with E-state index in [1.807, 2.05) is 6.07 Å². The van der Waals surface area contributed by atoms with Gasteiger partial charge in [0.05, 0.1) is 22.3 Å². The average molecular weight is 413 g/mol. The van der Waals surface area contributed by atoms with Crippen molar-refractivity contribution in [1.29, 1.82) is 0 Å². The fourth-order valence-corrected chi connectivity index (χ4v) is 3.63. The van der Waals surface area contributed by atoms with Crippen LogP contribution in [-0.4, -0.2) is 17.5 Å². The van der Waals surface area contributed by atoms with Gasteiger partial charge in [0.15, 0.2) is 11.6 Å². The lowest BCUT2D eigenvalue weighted by Gasteiger charge is -2.11. The van der Waals surface area contributed by atoms with Crippen molar-refractivity contribution in [1.82, 2.24) is 10.3 Å². The zero-order valence-corrected chi connectivity index (χ0v) is 17.3. The molecule has 0 atom stereocenters. The molecule has 1 amide bonds. The third-order valence-corrected chi connectivity index (χ3v) is 5.29. The molecular formula is C23H25FN2O2S. The van der Waals surface area contributed by atoms with Crippen molar-refractivity contribution in [3.63, 3.8) is 0 Å². The summed E-state index contributed by atoms with van der Waals surface area (Å²) in [4.78, 5) is 16.6. The minimum absolute atomic E-state index is 0.102. The summed E-state index contributed by atoms with van der Waals surface area (Å²) in [6.07, 6.45) is 8.25. The van der Waals surface area contributed by atoms with Gasteiger partial charge in [-0.3, -0.25) is 4.79 Å². The van der Waals surface area contributed by atoms with Gasteiger partial charge in [-0.1, -0.05) is 31.2 Å². The maximum atomic E-state index is 14.7. The number of halogens is 1. The van der Waals surface area contributed by atoms with Crippen LogP contribution in [0.1, 0.15) is 48.5 Å². The molecule has 0 saturated heterocycles. The van der Waals surface area contributed by atoms with Crippen LogP contribution in [0.2, 0.25) is 0 Å². The molecule has 0 radical (unpaired) electrons. The molecule has 1 N–H and O–H groups in total. The van der Waals surface area contributed by atoms with Gasteiger partial charge < -0.3 is 10.1 Å². The van der Waals surface area contributed by atoms with Crippen molar-refractivity contribution in [2.45, 2.75) is 39.2 Å². The molecule has 152 valence electrons. The molecule has 3 aromatic rings. The highest BCUT2D eigenvalue weighted by Gasteiger charge is 2.12. The van der Waals surface area contributed by atoms with Crippen LogP contribution in [-0.2, 0) is 6.54 Å². The third kappa shape index (κ3) is 5.87. The first-order valence-corrected chi connectivity index (χ1v) is 10.7. The number of ether oxygens (including phenoxy) is 1. The first kappa shape index (κ1) is 21.0. The molecule has 0 aliphatic rings. The number of benzene rings is 2. The maximum Gasteiger partial charge on any atom is 0.251 e. The molecule has 0 aliphatic carbocycles. The second-order valence-corrected chi connectivity index (χ2v) is 7.56. The van der Waals surface area contributed by atoms with Gasteiger partial charge in [0, 0.05) is 17.7 Å². The summed E-state index contributed by atoms with van der Waals surface area (Å²) in [7, 11) is 0. The van der Waals surface area contributed by atoms with Gasteiger partial charge in [0.25, 0.3) is 5.91 Å². The highest BCUT2D eigenvalue weighted by Crippen LogP contribution is 2.22. The molecule has 4 nitrogen and oxygen atoms in total. The Labute approximate surface area is 174 Å². The Bertz CT molecular complexity index is 984. The van der Waals surface area contributed by atoms with E-state index in [-0.39, 0.29) is 18.2 Å². The normalized spacial score (nSPS) is 11.2. The molecule has 0 unspecified atom stereocenters. The minimum atomic E-state index is -0.420. The Morgan fingerprint density at radius 1 is 1.24 bits per heavy atom. The zero-order valence-electron chi connectivity index (χ0n) is 16.5. The Morgan fingerprint density at radius 3 is 3.00 bits per heavy atom. The van der Waals surface area contributed by atoms with E-state index in [2.05, 4.69) is 29.4 Å². The van der Waals surface area contributed by atoms with Crippen molar-refractivity contribution < 1.29 is 13.9 Å². The van der Waals surface area contributed by atoms with Gasteiger partial charge in [-0.25, -0.2) is 9.37 Å². The van der Waals surface area contributed by atoms with Crippen molar-refractivity contribution in [3.05, 3.63) is 71.0 Å². The Morgan fingerprint density at radius 2 is 2.14 bits per heavy atom. The Hall–Kier alpha value is -2.73. The van der Waals surface area contributed by atoms with Crippen molar-refractivity contribution in [3.8, 4) is 5.75 Å². The van der Waals surface area contributed by atoms with Crippen molar-refractivity contribution in [2.75, 3.05) is 6.61 Å². The number of allylic oxidation sites excluding steroid dienone is 2. The quantitative estimate of drug-likeness (QED) is 0.334. The maximum absolute atomic E-state index is 14.7.